The molecule has 0 aromatic rings. The van der Waals surface area contributed by atoms with E-state index in [0.717, 1.165) is 38.2 Å². The molecule has 1 aliphatic rings. The Morgan fingerprint density at radius 1 is 1.31 bits per heavy atom. The summed E-state index contributed by atoms with van der Waals surface area (Å²) in [7, 11) is 1.86. The van der Waals surface area contributed by atoms with Crippen LogP contribution in [0.1, 0.15) is 19.3 Å². The third-order valence-electron chi connectivity index (χ3n) is 2.39. The Morgan fingerprint density at radius 3 is 2.62 bits per heavy atom. The lowest BCUT2D eigenvalue weighted by molar-refractivity contribution is 0.198. The number of likely N-dealkylation sites (N-methyl/N-ethyl adjacent to an activating group) is 1. The largest absolute Gasteiger partial charge is 0.326 e. The number of urea groups is 1. The first-order valence-electron chi connectivity index (χ1n) is 4.86. The van der Waals surface area contributed by atoms with Crippen molar-refractivity contribution in [2.24, 2.45) is 0 Å². The van der Waals surface area contributed by atoms with Crippen molar-refractivity contribution in [2.45, 2.75) is 19.3 Å². The Hall–Kier alpha value is -0.380. The molecule has 0 unspecified atom stereocenters. The number of carbonyl (C=O) groups is 1. The topological polar surface area (TPSA) is 23.6 Å². The summed E-state index contributed by atoms with van der Waals surface area (Å²) in [5, 5.41) is 0. The van der Waals surface area contributed by atoms with Gasteiger partial charge in [-0.25, -0.2) is 4.79 Å². The first kappa shape index (κ1) is 10.7. The van der Waals surface area contributed by atoms with Crippen molar-refractivity contribution in [3.05, 3.63) is 0 Å². The maximum Gasteiger partial charge on any atom is 0.319 e. The van der Waals surface area contributed by atoms with Crippen LogP contribution in [0, 0.1) is 0 Å². The van der Waals surface area contributed by atoms with Crippen molar-refractivity contribution in [3.63, 3.8) is 0 Å². The standard InChI is InChI=1S/C9H18N2OS/c1-10-6-7-11(9(10)12)5-3-2-4-8-13/h13H,2-8H2,1H3. The molecular formula is C9H18N2OS. The van der Waals surface area contributed by atoms with Crippen LogP contribution in [-0.2, 0) is 0 Å². The molecule has 2 amide bonds. The van der Waals surface area contributed by atoms with Crippen LogP contribution in [0.25, 0.3) is 0 Å². The average Bonchev–Trinajstić information content (AvgIpc) is 2.43. The van der Waals surface area contributed by atoms with Crippen LogP contribution < -0.4 is 0 Å². The average molecular weight is 202 g/mol. The van der Waals surface area contributed by atoms with E-state index >= 15 is 0 Å². The van der Waals surface area contributed by atoms with E-state index in [2.05, 4.69) is 12.6 Å². The maximum atomic E-state index is 11.4. The van der Waals surface area contributed by atoms with Crippen LogP contribution in [-0.4, -0.2) is 48.3 Å². The van der Waals surface area contributed by atoms with Crippen LogP contribution in [0.3, 0.4) is 0 Å². The summed E-state index contributed by atoms with van der Waals surface area (Å²) in [5.74, 6) is 0.952. The molecule has 13 heavy (non-hydrogen) atoms. The summed E-state index contributed by atoms with van der Waals surface area (Å²) in [6, 6.07) is 0.186. The molecule has 0 N–H and O–H groups in total. The van der Waals surface area contributed by atoms with Crippen LogP contribution in [0.4, 0.5) is 4.79 Å². The Balaban J connectivity index is 2.12. The molecule has 0 radical (unpaired) electrons. The normalized spacial score (nSPS) is 17.2. The molecule has 0 aliphatic carbocycles. The molecule has 0 aromatic carbocycles. The number of hydrogen-bond acceptors (Lipinski definition) is 2. The third kappa shape index (κ3) is 3.10. The van der Waals surface area contributed by atoms with Crippen molar-refractivity contribution in [1.29, 1.82) is 0 Å². The Kier molecular flexibility index (Phi) is 4.42. The van der Waals surface area contributed by atoms with Gasteiger partial charge >= 0.3 is 6.03 Å². The molecule has 0 saturated carbocycles. The molecule has 0 atom stereocenters. The van der Waals surface area contributed by atoms with Gasteiger partial charge in [-0.05, 0) is 18.6 Å². The summed E-state index contributed by atoms with van der Waals surface area (Å²) in [4.78, 5) is 15.1. The molecule has 1 heterocycles. The van der Waals surface area contributed by atoms with Gasteiger partial charge in [-0.3, -0.25) is 0 Å². The van der Waals surface area contributed by atoms with E-state index in [-0.39, 0.29) is 6.03 Å². The fourth-order valence-electron chi connectivity index (χ4n) is 1.50. The Bertz CT molecular complexity index is 175. The first-order valence-corrected chi connectivity index (χ1v) is 5.50. The first-order chi connectivity index (χ1) is 6.25. The number of thiol groups is 1. The van der Waals surface area contributed by atoms with Gasteiger partial charge in [0.1, 0.15) is 0 Å². The minimum absolute atomic E-state index is 0.186. The Labute approximate surface area is 85.5 Å². The van der Waals surface area contributed by atoms with Crippen LogP contribution in [0.15, 0.2) is 0 Å². The lowest BCUT2D eigenvalue weighted by Crippen LogP contribution is -2.30. The number of hydrogen-bond donors (Lipinski definition) is 1. The van der Waals surface area contributed by atoms with Gasteiger partial charge < -0.3 is 9.80 Å². The molecule has 76 valence electrons. The van der Waals surface area contributed by atoms with E-state index in [1.165, 1.54) is 6.42 Å². The Morgan fingerprint density at radius 2 is 2.08 bits per heavy atom. The fourth-order valence-corrected chi connectivity index (χ4v) is 1.73. The van der Waals surface area contributed by atoms with Gasteiger partial charge in [0.15, 0.2) is 0 Å². The molecule has 1 saturated heterocycles. The number of rotatable bonds is 5. The molecule has 3 nitrogen and oxygen atoms in total. The number of unbranched alkanes of at least 4 members (excludes halogenated alkanes) is 2. The summed E-state index contributed by atoms with van der Waals surface area (Å²) < 4.78 is 0. The molecular weight excluding hydrogens is 184 g/mol. The smallest absolute Gasteiger partial charge is 0.319 e. The van der Waals surface area contributed by atoms with Gasteiger partial charge in [0, 0.05) is 26.7 Å². The molecule has 0 spiro atoms. The SMILES string of the molecule is CN1CCN(CCCCCS)C1=O. The highest BCUT2D eigenvalue weighted by molar-refractivity contribution is 7.80. The van der Waals surface area contributed by atoms with Crippen molar-refractivity contribution in [3.8, 4) is 0 Å². The number of carbonyl (C=O) groups excluding carboxylic acids is 1. The quantitative estimate of drug-likeness (QED) is 0.529. The predicted octanol–water partition coefficient (Wildman–Crippen LogP) is 1.45. The predicted molar refractivity (Wildman–Crippen MR) is 57.3 cm³/mol. The summed E-state index contributed by atoms with van der Waals surface area (Å²) in [6.07, 6.45) is 3.44. The molecule has 1 fully saturated rings. The monoisotopic (exact) mass is 202 g/mol. The summed E-state index contributed by atoms with van der Waals surface area (Å²) in [5.41, 5.74) is 0. The number of nitrogens with zero attached hydrogens (tertiary/aromatic N) is 2. The highest BCUT2D eigenvalue weighted by Crippen LogP contribution is 2.08. The van der Waals surface area contributed by atoms with Crippen molar-refractivity contribution in [1.82, 2.24) is 9.80 Å². The maximum absolute atomic E-state index is 11.4. The minimum atomic E-state index is 0.186. The van der Waals surface area contributed by atoms with E-state index < -0.39 is 0 Å². The summed E-state index contributed by atoms with van der Waals surface area (Å²) in [6.45, 7) is 2.69. The number of amides is 2. The van der Waals surface area contributed by atoms with E-state index in [0.29, 0.717) is 0 Å². The lowest BCUT2D eigenvalue weighted by Gasteiger charge is -2.15. The highest BCUT2D eigenvalue weighted by atomic mass is 32.1. The molecule has 1 aliphatic heterocycles. The van der Waals surface area contributed by atoms with Gasteiger partial charge in [0.2, 0.25) is 0 Å². The van der Waals surface area contributed by atoms with E-state index in [4.69, 9.17) is 0 Å². The van der Waals surface area contributed by atoms with Crippen molar-refractivity contribution >= 4 is 18.7 Å². The zero-order chi connectivity index (χ0) is 9.68. The molecule has 1 rings (SSSR count). The highest BCUT2D eigenvalue weighted by Gasteiger charge is 2.23. The van der Waals surface area contributed by atoms with Gasteiger partial charge in [-0.2, -0.15) is 12.6 Å². The molecule has 0 bridgehead atoms. The van der Waals surface area contributed by atoms with E-state index in [1.807, 2.05) is 11.9 Å². The van der Waals surface area contributed by atoms with Crippen LogP contribution in [0.2, 0.25) is 0 Å². The second-order valence-corrected chi connectivity index (χ2v) is 3.92. The lowest BCUT2D eigenvalue weighted by atomic mass is 10.2. The molecule has 4 heteroatoms. The van der Waals surface area contributed by atoms with Crippen molar-refractivity contribution < 1.29 is 4.79 Å². The van der Waals surface area contributed by atoms with Crippen LogP contribution >= 0.6 is 12.6 Å². The zero-order valence-corrected chi connectivity index (χ0v) is 9.09. The van der Waals surface area contributed by atoms with E-state index in [9.17, 15) is 4.79 Å². The minimum Gasteiger partial charge on any atom is -0.326 e. The second kappa shape index (κ2) is 5.37. The second-order valence-electron chi connectivity index (χ2n) is 3.48. The van der Waals surface area contributed by atoms with Gasteiger partial charge in [-0.1, -0.05) is 6.42 Å². The van der Waals surface area contributed by atoms with Gasteiger partial charge in [0.05, 0.1) is 0 Å². The zero-order valence-electron chi connectivity index (χ0n) is 8.20. The van der Waals surface area contributed by atoms with Gasteiger partial charge in [-0.15, -0.1) is 0 Å². The fraction of sp³-hybridized carbons (Fsp3) is 0.889. The summed E-state index contributed by atoms with van der Waals surface area (Å²) >= 11 is 4.15. The van der Waals surface area contributed by atoms with Gasteiger partial charge in [0.25, 0.3) is 0 Å². The molecule has 0 aromatic heterocycles. The third-order valence-corrected chi connectivity index (χ3v) is 2.70. The van der Waals surface area contributed by atoms with Crippen LogP contribution in [0.5, 0.6) is 0 Å². The van der Waals surface area contributed by atoms with Crippen molar-refractivity contribution in [2.75, 3.05) is 32.4 Å². The van der Waals surface area contributed by atoms with E-state index in [1.54, 1.807) is 4.90 Å².